The van der Waals surface area contributed by atoms with Crippen LogP contribution in [0.25, 0.3) is 22.4 Å². The minimum absolute atomic E-state index is 0.231. The van der Waals surface area contributed by atoms with Crippen molar-refractivity contribution >= 4 is 29.5 Å². The fourth-order valence-electron chi connectivity index (χ4n) is 3.66. The Bertz CT molecular complexity index is 1060. The molecule has 0 radical (unpaired) electrons. The molecule has 1 aliphatic rings. The van der Waals surface area contributed by atoms with Crippen molar-refractivity contribution < 1.29 is 9.53 Å². The van der Waals surface area contributed by atoms with Crippen LogP contribution in [0.4, 0.5) is 4.79 Å². The Morgan fingerprint density at radius 2 is 1.75 bits per heavy atom. The summed E-state index contributed by atoms with van der Waals surface area (Å²) in [5, 5.41) is 10.0. The van der Waals surface area contributed by atoms with Gasteiger partial charge in [-0.15, -0.1) is 11.8 Å². The summed E-state index contributed by atoms with van der Waals surface area (Å²) in [5.74, 6) is 0. The molecular formula is C24H27ClN4O2S. The highest BCUT2D eigenvalue weighted by Gasteiger charge is 2.28. The van der Waals surface area contributed by atoms with E-state index in [4.69, 9.17) is 16.3 Å². The predicted molar refractivity (Wildman–Crippen MR) is 129 cm³/mol. The van der Waals surface area contributed by atoms with Crippen molar-refractivity contribution in [3.05, 3.63) is 53.8 Å². The second kappa shape index (κ2) is 9.55. The van der Waals surface area contributed by atoms with Crippen LogP contribution in [0.3, 0.4) is 0 Å². The van der Waals surface area contributed by atoms with E-state index in [1.807, 2.05) is 57.2 Å². The predicted octanol–water partition coefficient (Wildman–Crippen LogP) is 6.28. The van der Waals surface area contributed by atoms with E-state index < -0.39 is 5.60 Å². The van der Waals surface area contributed by atoms with Gasteiger partial charge in [-0.3, -0.25) is 10.1 Å². The molecule has 0 spiro atoms. The summed E-state index contributed by atoms with van der Waals surface area (Å²) in [4.78, 5) is 18.3. The molecule has 1 aliphatic heterocycles. The minimum atomic E-state index is -0.476. The first kappa shape index (κ1) is 22.7. The van der Waals surface area contributed by atoms with E-state index in [1.54, 1.807) is 29.1 Å². The number of piperidine rings is 1. The van der Waals surface area contributed by atoms with E-state index >= 15 is 0 Å². The summed E-state index contributed by atoms with van der Waals surface area (Å²) >= 11 is 7.87. The van der Waals surface area contributed by atoms with Crippen LogP contribution >= 0.6 is 23.4 Å². The average molecular weight is 471 g/mol. The van der Waals surface area contributed by atoms with Crippen molar-refractivity contribution in [2.45, 2.75) is 49.5 Å². The molecule has 168 valence electrons. The Hall–Kier alpha value is -2.51. The number of aromatic amines is 1. The van der Waals surface area contributed by atoms with Crippen LogP contribution in [0.2, 0.25) is 5.02 Å². The third-order valence-corrected chi connectivity index (χ3v) is 6.79. The van der Waals surface area contributed by atoms with Gasteiger partial charge in [-0.25, -0.2) is 4.79 Å². The maximum absolute atomic E-state index is 12.4. The molecule has 3 heterocycles. The number of amides is 1. The first-order valence-corrected chi connectivity index (χ1v) is 12.0. The van der Waals surface area contributed by atoms with Gasteiger partial charge in [0.05, 0.1) is 5.03 Å². The average Bonchev–Trinajstić information content (AvgIpc) is 3.17. The molecule has 1 fully saturated rings. The SMILES string of the molecule is CC(C)(C)OC(=O)N1CCC(Sc2[nH]nc(-c3ccc(Cl)cc3)c2-c2ccncc2)CC1. The van der Waals surface area contributed by atoms with Crippen molar-refractivity contribution in [2.24, 2.45) is 0 Å². The maximum Gasteiger partial charge on any atom is 0.410 e. The van der Waals surface area contributed by atoms with Gasteiger partial charge in [0, 0.05) is 46.9 Å². The highest BCUT2D eigenvalue weighted by atomic mass is 35.5. The number of carbonyl (C=O) groups is 1. The number of carbonyl (C=O) groups excluding carboxylic acids is 1. The number of nitrogens with zero attached hydrogens (tertiary/aromatic N) is 3. The van der Waals surface area contributed by atoms with E-state index in [2.05, 4.69) is 15.2 Å². The molecule has 6 nitrogen and oxygen atoms in total. The van der Waals surface area contributed by atoms with Gasteiger partial charge in [0.1, 0.15) is 11.3 Å². The molecule has 2 aromatic heterocycles. The molecule has 1 amide bonds. The van der Waals surface area contributed by atoms with Gasteiger partial charge in [0.2, 0.25) is 0 Å². The molecule has 0 aliphatic carbocycles. The van der Waals surface area contributed by atoms with Gasteiger partial charge in [0.15, 0.2) is 0 Å². The number of rotatable bonds is 4. The number of nitrogens with one attached hydrogen (secondary N) is 1. The third kappa shape index (κ3) is 5.45. The lowest BCUT2D eigenvalue weighted by Gasteiger charge is -2.33. The molecule has 0 atom stereocenters. The topological polar surface area (TPSA) is 71.1 Å². The third-order valence-electron chi connectivity index (χ3n) is 5.20. The van der Waals surface area contributed by atoms with E-state index in [9.17, 15) is 4.79 Å². The van der Waals surface area contributed by atoms with Gasteiger partial charge >= 0.3 is 6.09 Å². The number of hydrogen-bond donors (Lipinski definition) is 1. The van der Waals surface area contributed by atoms with Crippen molar-refractivity contribution in [1.29, 1.82) is 0 Å². The van der Waals surface area contributed by atoms with Crippen LogP contribution < -0.4 is 0 Å². The molecule has 0 unspecified atom stereocenters. The Labute approximate surface area is 197 Å². The smallest absolute Gasteiger partial charge is 0.410 e. The van der Waals surface area contributed by atoms with Crippen LogP contribution in [-0.4, -0.2) is 50.1 Å². The number of thioether (sulfide) groups is 1. The summed E-state index contributed by atoms with van der Waals surface area (Å²) in [6.07, 6.45) is 5.15. The van der Waals surface area contributed by atoms with Crippen LogP contribution in [0.1, 0.15) is 33.6 Å². The number of H-pyrrole nitrogens is 1. The fourth-order valence-corrected chi connectivity index (χ4v) is 5.00. The standard InChI is InChI=1S/C24H27ClN4O2S/c1-24(2,3)31-23(30)29-14-10-19(11-15-29)32-22-20(16-8-12-26-13-9-16)21(27-28-22)17-4-6-18(25)7-5-17/h4-9,12-13,19H,10-11,14-15H2,1-3H3,(H,27,28). The molecule has 4 rings (SSSR count). The van der Waals surface area contributed by atoms with Crippen LogP contribution in [-0.2, 0) is 4.74 Å². The molecule has 8 heteroatoms. The van der Waals surface area contributed by atoms with Crippen LogP contribution in [0.15, 0.2) is 53.8 Å². The van der Waals surface area contributed by atoms with E-state index in [0.29, 0.717) is 23.4 Å². The second-order valence-corrected chi connectivity index (χ2v) is 10.6. The zero-order valence-electron chi connectivity index (χ0n) is 18.5. The summed E-state index contributed by atoms with van der Waals surface area (Å²) < 4.78 is 5.52. The second-order valence-electron chi connectivity index (χ2n) is 8.80. The van der Waals surface area contributed by atoms with Crippen molar-refractivity contribution in [3.63, 3.8) is 0 Å². The summed E-state index contributed by atoms with van der Waals surface area (Å²) in [5.41, 5.74) is 3.54. The summed E-state index contributed by atoms with van der Waals surface area (Å²) in [6.45, 7) is 7.06. The zero-order chi connectivity index (χ0) is 22.7. The monoisotopic (exact) mass is 470 g/mol. The highest BCUT2D eigenvalue weighted by Crippen LogP contribution is 2.41. The first-order valence-electron chi connectivity index (χ1n) is 10.7. The Morgan fingerprint density at radius 1 is 1.09 bits per heavy atom. The number of halogens is 1. The number of benzene rings is 1. The first-order chi connectivity index (χ1) is 15.3. The van der Waals surface area contributed by atoms with E-state index in [0.717, 1.165) is 40.3 Å². The Morgan fingerprint density at radius 3 is 2.38 bits per heavy atom. The zero-order valence-corrected chi connectivity index (χ0v) is 20.0. The fraction of sp³-hybridized carbons (Fsp3) is 0.375. The van der Waals surface area contributed by atoms with Gasteiger partial charge in [-0.2, -0.15) is 5.10 Å². The molecule has 1 saturated heterocycles. The van der Waals surface area contributed by atoms with Crippen LogP contribution in [0, 0.1) is 0 Å². The number of aromatic nitrogens is 3. The van der Waals surface area contributed by atoms with Gasteiger partial charge in [-0.05, 0) is 63.4 Å². The normalized spacial score (nSPS) is 15.1. The number of hydrogen-bond acceptors (Lipinski definition) is 5. The molecular weight excluding hydrogens is 444 g/mol. The lowest BCUT2D eigenvalue weighted by molar-refractivity contribution is 0.0219. The highest BCUT2D eigenvalue weighted by molar-refractivity contribution is 8.00. The van der Waals surface area contributed by atoms with Gasteiger partial charge < -0.3 is 9.64 Å². The minimum Gasteiger partial charge on any atom is -0.444 e. The lowest BCUT2D eigenvalue weighted by Crippen LogP contribution is -2.42. The van der Waals surface area contributed by atoms with Gasteiger partial charge in [0.25, 0.3) is 0 Å². The molecule has 1 aromatic carbocycles. The largest absolute Gasteiger partial charge is 0.444 e. The number of ether oxygens (including phenoxy) is 1. The van der Waals surface area contributed by atoms with E-state index in [-0.39, 0.29) is 6.09 Å². The van der Waals surface area contributed by atoms with E-state index in [1.165, 1.54) is 0 Å². The molecule has 0 saturated carbocycles. The summed E-state index contributed by atoms with van der Waals surface area (Å²) in [6, 6.07) is 11.7. The Balaban J connectivity index is 1.52. The molecule has 0 bridgehead atoms. The quantitative estimate of drug-likeness (QED) is 0.485. The maximum atomic E-state index is 12.4. The summed E-state index contributed by atoms with van der Waals surface area (Å²) in [7, 11) is 0. The molecule has 3 aromatic rings. The number of likely N-dealkylation sites (tertiary alicyclic amines) is 1. The molecule has 32 heavy (non-hydrogen) atoms. The van der Waals surface area contributed by atoms with Crippen molar-refractivity contribution in [1.82, 2.24) is 20.1 Å². The lowest BCUT2D eigenvalue weighted by atomic mass is 10.0. The van der Waals surface area contributed by atoms with Crippen molar-refractivity contribution in [3.8, 4) is 22.4 Å². The molecule has 1 N–H and O–H groups in total. The number of pyridine rings is 1. The van der Waals surface area contributed by atoms with Crippen LogP contribution in [0.5, 0.6) is 0 Å². The van der Waals surface area contributed by atoms with Gasteiger partial charge in [-0.1, -0.05) is 23.7 Å². The van der Waals surface area contributed by atoms with Crippen molar-refractivity contribution in [2.75, 3.05) is 13.1 Å². The Kier molecular flexibility index (Phi) is 6.76.